The molecule has 4 N–H and O–H groups in total. The van der Waals surface area contributed by atoms with Crippen molar-refractivity contribution in [3.8, 4) is 0 Å². The molecule has 1 heterocycles. The molecule has 19 heavy (non-hydrogen) atoms. The molecule has 108 valence electrons. The van der Waals surface area contributed by atoms with Crippen molar-refractivity contribution in [2.45, 2.75) is 38.1 Å². The first-order valence-electron chi connectivity index (χ1n) is 6.52. The summed E-state index contributed by atoms with van der Waals surface area (Å²) in [4.78, 5) is 35.4. The van der Waals surface area contributed by atoms with Gasteiger partial charge in [0, 0.05) is 19.4 Å². The Morgan fingerprint density at radius 1 is 1.21 bits per heavy atom. The fourth-order valence-electron chi connectivity index (χ4n) is 2.08. The van der Waals surface area contributed by atoms with E-state index < -0.39 is 17.9 Å². The van der Waals surface area contributed by atoms with E-state index in [0.717, 1.165) is 25.9 Å². The quantitative estimate of drug-likeness (QED) is 0.540. The van der Waals surface area contributed by atoms with Gasteiger partial charge in [-0.05, 0) is 32.4 Å². The summed E-state index contributed by atoms with van der Waals surface area (Å²) in [7, 11) is 0. The smallest absolute Gasteiger partial charge is 0.326 e. The number of hydrogen-bond donors (Lipinski definition) is 3. The van der Waals surface area contributed by atoms with E-state index in [4.69, 9.17) is 10.8 Å². The number of carboxylic acids is 1. The number of hydrogen-bond acceptors (Lipinski definition) is 4. The molecule has 1 unspecified atom stereocenters. The molecule has 0 aliphatic carbocycles. The number of aliphatic carboxylic acids is 1. The molecule has 0 radical (unpaired) electrons. The number of likely N-dealkylation sites (tertiary alicyclic amines) is 1. The third-order valence-corrected chi connectivity index (χ3v) is 3.17. The molecule has 7 heteroatoms. The summed E-state index contributed by atoms with van der Waals surface area (Å²) in [6.45, 7) is 2.64. The molecule has 7 nitrogen and oxygen atoms in total. The van der Waals surface area contributed by atoms with Crippen LogP contribution in [0.5, 0.6) is 0 Å². The van der Waals surface area contributed by atoms with Gasteiger partial charge in [-0.3, -0.25) is 9.59 Å². The van der Waals surface area contributed by atoms with E-state index in [2.05, 4.69) is 10.2 Å². The second-order valence-electron chi connectivity index (χ2n) is 4.76. The Kier molecular flexibility index (Phi) is 6.27. The molecule has 1 aliphatic rings. The molecular weight excluding hydrogens is 250 g/mol. The average Bonchev–Trinajstić information content (AvgIpc) is 2.84. The van der Waals surface area contributed by atoms with Crippen molar-refractivity contribution in [1.82, 2.24) is 10.2 Å². The number of amides is 2. The van der Waals surface area contributed by atoms with Gasteiger partial charge < -0.3 is 21.1 Å². The molecule has 0 aromatic rings. The Balaban J connectivity index is 2.29. The van der Waals surface area contributed by atoms with Crippen LogP contribution in [-0.2, 0) is 14.4 Å². The molecule has 1 fully saturated rings. The van der Waals surface area contributed by atoms with Crippen LogP contribution in [0.3, 0.4) is 0 Å². The summed E-state index contributed by atoms with van der Waals surface area (Å²) in [6, 6.07) is -1.04. The van der Waals surface area contributed by atoms with E-state index in [1.54, 1.807) is 0 Å². The van der Waals surface area contributed by atoms with Crippen LogP contribution in [0.25, 0.3) is 0 Å². The van der Waals surface area contributed by atoms with Crippen LogP contribution in [0.1, 0.15) is 32.1 Å². The van der Waals surface area contributed by atoms with Gasteiger partial charge >= 0.3 is 5.97 Å². The van der Waals surface area contributed by atoms with E-state index in [1.165, 1.54) is 0 Å². The fourth-order valence-corrected chi connectivity index (χ4v) is 2.08. The van der Waals surface area contributed by atoms with Crippen LogP contribution in [0.4, 0.5) is 0 Å². The average molecular weight is 271 g/mol. The Bertz CT molecular complexity index is 340. The van der Waals surface area contributed by atoms with E-state index in [-0.39, 0.29) is 25.2 Å². The Morgan fingerprint density at radius 3 is 2.37 bits per heavy atom. The lowest BCUT2D eigenvalue weighted by atomic mass is 10.1. The van der Waals surface area contributed by atoms with Crippen molar-refractivity contribution >= 4 is 17.8 Å². The highest BCUT2D eigenvalue weighted by Gasteiger charge is 2.21. The minimum atomic E-state index is -1.14. The fraction of sp³-hybridized carbons (Fsp3) is 0.750. The number of primary amides is 1. The first kappa shape index (κ1) is 15.4. The SMILES string of the molecule is NC(=O)CCC(NC(=O)CCN1CCCC1)C(=O)O. The van der Waals surface area contributed by atoms with Gasteiger partial charge in [0.25, 0.3) is 0 Å². The van der Waals surface area contributed by atoms with Gasteiger partial charge in [-0.25, -0.2) is 4.79 Å². The van der Waals surface area contributed by atoms with Gasteiger partial charge in [-0.1, -0.05) is 0 Å². The molecule has 1 rings (SSSR count). The summed E-state index contributed by atoms with van der Waals surface area (Å²) in [6.07, 6.45) is 2.56. The topological polar surface area (TPSA) is 113 Å². The Labute approximate surface area is 112 Å². The van der Waals surface area contributed by atoms with Crippen molar-refractivity contribution in [2.75, 3.05) is 19.6 Å². The summed E-state index contributed by atoms with van der Waals surface area (Å²) in [5, 5.41) is 11.4. The minimum Gasteiger partial charge on any atom is -0.480 e. The predicted molar refractivity (Wildman–Crippen MR) is 68.3 cm³/mol. The number of nitrogens with one attached hydrogen (secondary N) is 1. The maximum atomic E-state index is 11.6. The van der Waals surface area contributed by atoms with E-state index >= 15 is 0 Å². The summed E-state index contributed by atoms with van der Waals surface area (Å²) in [5.41, 5.74) is 4.96. The Hall–Kier alpha value is -1.63. The zero-order chi connectivity index (χ0) is 14.3. The van der Waals surface area contributed by atoms with Crippen LogP contribution >= 0.6 is 0 Å². The number of rotatable bonds is 8. The van der Waals surface area contributed by atoms with Crippen LogP contribution in [0.2, 0.25) is 0 Å². The normalized spacial score (nSPS) is 17.1. The number of carbonyl (C=O) groups is 3. The third kappa shape index (κ3) is 6.19. The molecule has 1 atom stereocenters. The van der Waals surface area contributed by atoms with Gasteiger partial charge in [0.1, 0.15) is 6.04 Å². The van der Waals surface area contributed by atoms with Crippen molar-refractivity contribution in [2.24, 2.45) is 5.73 Å². The van der Waals surface area contributed by atoms with Crippen LogP contribution in [0.15, 0.2) is 0 Å². The number of nitrogens with zero attached hydrogens (tertiary/aromatic N) is 1. The standard InChI is InChI=1S/C12H21N3O4/c13-10(16)4-3-9(12(18)19)14-11(17)5-8-15-6-1-2-7-15/h9H,1-8H2,(H2,13,16)(H,14,17)(H,18,19). The monoisotopic (exact) mass is 271 g/mol. The van der Waals surface area contributed by atoms with Crippen LogP contribution < -0.4 is 11.1 Å². The molecule has 0 saturated carbocycles. The molecule has 1 saturated heterocycles. The van der Waals surface area contributed by atoms with E-state index in [1.807, 2.05) is 0 Å². The van der Waals surface area contributed by atoms with Gasteiger partial charge in [-0.15, -0.1) is 0 Å². The predicted octanol–water partition coefficient (Wildman–Crippen LogP) is -0.693. The largest absolute Gasteiger partial charge is 0.480 e. The van der Waals surface area contributed by atoms with Gasteiger partial charge in [0.05, 0.1) is 0 Å². The van der Waals surface area contributed by atoms with Gasteiger partial charge in [0.2, 0.25) is 11.8 Å². The first-order chi connectivity index (χ1) is 8.99. The minimum absolute atomic E-state index is 0.0279. The molecular formula is C12H21N3O4. The van der Waals surface area contributed by atoms with Crippen molar-refractivity contribution in [1.29, 1.82) is 0 Å². The zero-order valence-electron chi connectivity index (χ0n) is 10.9. The highest BCUT2D eigenvalue weighted by atomic mass is 16.4. The van der Waals surface area contributed by atoms with Crippen LogP contribution in [0, 0.1) is 0 Å². The molecule has 0 spiro atoms. The maximum absolute atomic E-state index is 11.6. The second kappa shape index (κ2) is 7.73. The van der Waals surface area contributed by atoms with Crippen molar-refractivity contribution in [3.05, 3.63) is 0 Å². The Morgan fingerprint density at radius 2 is 1.84 bits per heavy atom. The number of carboxylic acid groups (broad SMARTS) is 1. The van der Waals surface area contributed by atoms with Gasteiger partial charge in [-0.2, -0.15) is 0 Å². The molecule has 2 amide bonds. The molecule has 0 aromatic carbocycles. The summed E-state index contributed by atoms with van der Waals surface area (Å²) in [5.74, 6) is -2.02. The number of nitrogens with two attached hydrogens (primary N) is 1. The first-order valence-corrected chi connectivity index (χ1v) is 6.52. The van der Waals surface area contributed by atoms with Crippen molar-refractivity contribution < 1.29 is 19.5 Å². The number of carbonyl (C=O) groups excluding carboxylic acids is 2. The highest BCUT2D eigenvalue weighted by Crippen LogP contribution is 2.07. The third-order valence-electron chi connectivity index (χ3n) is 3.17. The maximum Gasteiger partial charge on any atom is 0.326 e. The lowest BCUT2D eigenvalue weighted by Gasteiger charge is -2.16. The highest BCUT2D eigenvalue weighted by molar-refractivity contribution is 5.84. The van der Waals surface area contributed by atoms with Crippen LogP contribution in [-0.4, -0.2) is 53.5 Å². The second-order valence-corrected chi connectivity index (χ2v) is 4.76. The molecule has 0 aromatic heterocycles. The van der Waals surface area contributed by atoms with Crippen molar-refractivity contribution in [3.63, 3.8) is 0 Å². The zero-order valence-corrected chi connectivity index (χ0v) is 10.9. The summed E-state index contributed by atoms with van der Waals surface area (Å²) >= 11 is 0. The lowest BCUT2D eigenvalue weighted by molar-refractivity contribution is -0.142. The van der Waals surface area contributed by atoms with Gasteiger partial charge in [0.15, 0.2) is 0 Å². The van der Waals surface area contributed by atoms with E-state index in [9.17, 15) is 14.4 Å². The summed E-state index contributed by atoms with van der Waals surface area (Å²) < 4.78 is 0. The van der Waals surface area contributed by atoms with E-state index in [0.29, 0.717) is 6.54 Å². The lowest BCUT2D eigenvalue weighted by Crippen LogP contribution is -2.42. The molecule has 0 bridgehead atoms. The molecule has 1 aliphatic heterocycles.